The van der Waals surface area contributed by atoms with Crippen LogP contribution >= 0.6 is 0 Å². The number of hydrogen-bond donors (Lipinski definition) is 0. The Hall–Kier alpha value is -4.12. The zero-order valence-corrected chi connectivity index (χ0v) is 17.0. The first-order valence-corrected chi connectivity index (χ1v) is 9.68. The highest BCUT2D eigenvalue weighted by molar-refractivity contribution is 6.14. The second-order valence-corrected chi connectivity index (χ2v) is 6.95. The number of rotatable bonds is 6. The molecule has 0 saturated carbocycles. The number of methoxy groups -OCH3 is 1. The number of esters is 1. The Bertz CT molecular complexity index is 1170. The van der Waals surface area contributed by atoms with Gasteiger partial charge >= 0.3 is 5.97 Å². The van der Waals surface area contributed by atoms with E-state index in [9.17, 15) is 9.59 Å². The second-order valence-electron chi connectivity index (χ2n) is 6.95. The summed E-state index contributed by atoms with van der Waals surface area (Å²) < 4.78 is 16.3. The molecule has 4 rings (SSSR count). The summed E-state index contributed by atoms with van der Waals surface area (Å²) in [6.07, 6.45) is 3.43. The summed E-state index contributed by atoms with van der Waals surface area (Å²) in [7, 11) is 1.33. The number of Topliss-reactive ketones (excluding diaryl/α,β-unsaturated/α-hetero) is 1. The van der Waals surface area contributed by atoms with Crippen molar-refractivity contribution < 1.29 is 23.8 Å². The fraction of sp³-hybridized carbons (Fsp3) is 0.0769. The van der Waals surface area contributed by atoms with E-state index in [4.69, 9.17) is 9.47 Å². The van der Waals surface area contributed by atoms with Crippen LogP contribution in [0.3, 0.4) is 0 Å². The van der Waals surface area contributed by atoms with E-state index in [1.54, 1.807) is 54.6 Å². The van der Waals surface area contributed by atoms with Crippen LogP contribution in [0, 0.1) is 0 Å². The average molecular weight is 412 g/mol. The van der Waals surface area contributed by atoms with Crippen molar-refractivity contribution in [1.29, 1.82) is 0 Å². The molecule has 154 valence electrons. The van der Waals surface area contributed by atoms with Crippen molar-refractivity contribution >= 4 is 23.9 Å². The fourth-order valence-electron chi connectivity index (χ4n) is 3.16. The normalized spacial score (nSPS) is 13.5. The minimum atomic E-state index is -0.413. The quantitative estimate of drug-likeness (QED) is 0.406. The standard InChI is InChI=1S/C26H20O5/c1-3-17-4-6-19(7-5-17)16-30-21-12-13-22-23(15-21)31-24(25(22)27)14-18-8-10-20(11-9-18)26(28)29-2/h3-15H,1,16H2,2H3. The fourth-order valence-corrected chi connectivity index (χ4v) is 3.16. The van der Waals surface area contributed by atoms with Gasteiger partial charge in [-0.25, -0.2) is 4.79 Å². The molecule has 0 radical (unpaired) electrons. The van der Waals surface area contributed by atoms with Crippen LogP contribution in [0.4, 0.5) is 0 Å². The molecule has 0 unspecified atom stereocenters. The first-order chi connectivity index (χ1) is 15.1. The Balaban J connectivity index is 1.46. The Morgan fingerprint density at radius 1 is 1.00 bits per heavy atom. The molecule has 0 N–H and O–H groups in total. The van der Waals surface area contributed by atoms with Gasteiger partial charge in [0.25, 0.3) is 0 Å². The van der Waals surface area contributed by atoms with Crippen LogP contribution in [-0.2, 0) is 11.3 Å². The highest BCUT2D eigenvalue weighted by atomic mass is 16.5. The SMILES string of the molecule is C=Cc1ccc(COc2ccc3c(c2)OC(=Cc2ccc(C(=O)OC)cc2)C3=O)cc1. The van der Waals surface area contributed by atoms with E-state index in [1.807, 2.05) is 24.3 Å². The summed E-state index contributed by atoms with van der Waals surface area (Å²) in [6, 6.07) is 19.8. The summed E-state index contributed by atoms with van der Waals surface area (Å²) >= 11 is 0. The van der Waals surface area contributed by atoms with Crippen LogP contribution < -0.4 is 9.47 Å². The number of carbonyl (C=O) groups excluding carboxylic acids is 2. The number of hydrogen-bond acceptors (Lipinski definition) is 5. The zero-order valence-electron chi connectivity index (χ0n) is 17.0. The molecule has 0 atom stereocenters. The largest absolute Gasteiger partial charge is 0.489 e. The van der Waals surface area contributed by atoms with Gasteiger partial charge in [-0.15, -0.1) is 0 Å². The molecule has 3 aromatic carbocycles. The van der Waals surface area contributed by atoms with Gasteiger partial charge in [-0.3, -0.25) is 4.79 Å². The molecule has 0 saturated heterocycles. The topological polar surface area (TPSA) is 61.8 Å². The number of ketones is 1. The van der Waals surface area contributed by atoms with Gasteiger partial charge in [-0.2, -0.15) is 0 Å². The smallest absolute Gasteiger partial charge is 0.337 e. The molecule has 0 aromatic heterocycles. The molecule has 1 aliphatic rings. The molecule has 0 bridgehead atoms. The highest BCUT2D eigenvalue weighted by Crippen LogP contribution is 2.35. The van der Waals surface area contributed by atoms with Crippen molar-refractivity contribution in [1.82, 2.24) is 0 Å². The zero-order chi connectivity index (χ0) is 21.8. The van der Waals surface area contributed by atoms with Crippen LogP contribution in [0.2, 0.25) is 0 Å². The molecule has 0 fully saturated rings. The van der Waals surface area contributed by atoms with Gasteiger partial charge in [0.15, 0.2) is 5.76 Å². The number of carbonyl (C=O) groups is 2. The van der Waals surface area contributed by atoms with E-state index in [0.717, 1.165) is 16.7 Å². The van der Waals surface area contributed by atoms with Crippen molar-refractivity contribution in [3.05, 3.63) is 107 Å². The third-order valence-corrected chi connectivity index (χ3v) is 4.89. The molecule has 5 heteroatoms. The summed E-state index contributed by atoms with van der Waals surface area (Å²) in [5.41, 5.74) is 3.74. The molecule has 0 amide bonds. The minimum absolute atomic E-state index is 0.196. The average Bonchev–Trinajstić information content (AvgIpc) is 3.12. The van der Waals surface area contributed by atoms with E-state index >= 15 is 0 Å². The van der Waals surface area contributed by atoms with Crippen molar-refractivity contribution in [2.45, 2.75) is 6.61 Å². The summed E-state index contributed by atoms with van der Waals surface area (Å²) in [5, 5.41) is 0. The molecular weight excluding hydrogens is 392 g/mol. The van der Waals surface area contributed by atoms with E-state index in [1.165, 1.54) is 7.11 Å². The Morgan fingerprint density at radius 3 is 2.39 bits per heavy atom. The first-order valence-electron chi connectivity index (χ1n) is 9.68. The van der Waals surface area contributed by atoms with Gasteiger partial charge in [0, 0.05) is 6.07 Å². The van der Waals surface area contributed by atoms with E-state index in [-0.39, 0.29) is 11.5 Å². The van der Waals surface area contributed by atoms with Gasteiger partial charge in [0.05, 0.1) is 18.2 Å². The third kappa shape index (κ3) is 4.41. The van der Waals surface area contributed by atoms with Crippen LogP contribution in [-0.4, -0.2) is 18.9 Å². The number of fused-ring (bicyclic) bond motifs is 1. The van der Waals surface area contributed by atoms with Crippen molar-refractivity contribution in [3.8, 4) is 11.5 Å². The lowest BCUT2D eigenvalue weighted by molar-refractivity contribution is 0.0600. The summed E-state index contributed by atoms with van der Waals surface area (Å²) in [4.78, 5) is 24.2. The van der Waals surface area contributed by atoms with Crippen molar-refractivity contribution in [3.63, 3.8) is 0 Å². The molecule has 0 spiro atoms. The van der Waals surface area contributed by atoms with Gasteiger partial charge < -0.3 is 14.2 Å². The van der Waals surface area contributed by atoms with E-state index in [0.29, 0.717) is 29.2 Å². The van der Waals surface area contributed by atoms with Gasteiger partial charge in [-0.1, -0.05) is 49.1 Å². The van der Waals surface area contributed by atoms with Crippen LogP contribution in [0.1, 0.15) is 37.4 Å². The van der Waals surface area contributed by atoms with Gasteiger partial charge in [0.1, 0.15) is 18.1 Å². The van der Waals surface area contributed by atoms with Gasteiger partial charge in [-0.05, 0) is 47.0 Å². The molecule has 5 nitrogen and oxygen atoms in total. The first kappa shape index (κ1) is 20.2. The lowest BCUT2D eigenvalue weighted by Crippen LogP contribution is -2.01. The van der Waals surface area contributed by atoms with Crippen LogP contribution in [0.15, 0.2) is 79.1 Å². The van der Waals surface area contributed by atoms with Gasteiger partial charge in [0.2, 0.25) is 5.78 Å². The Labute approximate surface area is 180 Å². The number of benzene rings is 3. The predicted octanol–water partition coefficient (Wildman–Crippen LogP) is 5.31. The molecule has 3 aromatic rings. The monoisotopic (exact) mass is 412 g/mol. The maximum atomic E-state index is 12.7. The summed E-state index contributed by atoms with van der Waals surface area (Å²) in [5.74, 6) is 0.686. The molecule has 1 heterocycles. The lowest BCUT2D eigenvalue weighted by Gasteiger charge is -2.07. The highest BCUT2D eigenvalue weighted by Gasteiger charge is 2.27. The molecular formula is C26H20O5. The third-order valence-electron chi connectivity index (χ3n) is 4.89. The predicted molar refractivity (Wildman–Crippen MR) is 118 cm³/mol. The van der Waals surface area contributed by atoms with E-state index in [2.05, 4.69) is 11.3 Å². The summed E-state index contributed by atoms with van der Waals surface area (Å²) in [6.45, 7) is 4.15. The minimum Gasteiger partial charge on any atom is -0.489 e. The number of allylic oxidation sites excluding steroid dienone is 1. The molecule has 1 aliphatic heterocycles. The van der Waals surface area contributed by atoms with Crippen molar-refractivity contribution in [2.24, 2.45) is 0 Å². The Morgan fingerprint density at radius 2 is 1.71 bits per heavy atom. The maximum Gasteiger partial charge on any atom is 0.337 e. The van der Waals surface area contributed by atoms with Crippen LogP contribution in [0.25, 0.3) is 12.2 Å². The van der Waals surface area contributed by atoms with Crippen molar-refractivity contribution in [2.75, 3.05) is 7.11 Å². The Kier molecular flexibility index (Phi) is 5.67. The second kappa shape index (κ2) is 8.71. The van der Waals surface area contributed by atoms with E-state index < -0.39 is 5.97 Å². The lowest BCUT2D eigenvalue weighted by atomic mass is 10.1. The van der Waals surface area contributed by atoms with Crippen LogP contribution in [0.5, 0.6) is 11.5 Å². The number of ether oxygens (including phenoxy) is 3. The molecule has 0 aliphatic carbocycles. The maximum absolute atomic E-state index is 12.7. The molecule has 31 heavy (non-hydrogen) atoms.